The van der Waals surface area contributed by atoms with Crippen molar-refractivity contribution in [2.24, 2.45) is 29.6 Å². The third kappa shape index (κ3) is 2.48. The van der Waals surface area contributed by atoms with Gasteiger partial charge in [0.25, 0.3) is 0 Å². The second-order valence-corrected chi connectivity index (χ2v) is 7.43. The first-order valence-corrected chi connectivity index (χ1v) is 8.51. The fourth-order valence-electron chi connectivity index (χ4n) is 5.25. The summed E-state index contributed by atoms with van der Waals surface area (Å²) in [5.74, 6) is 5.33. The van der Waals surface area contributed by atoms with Crippen LogP contribution in [0.2, 0.25) is 0 Å². The first kappa shape index (κ1) is 13.0. The van der Waals surface area contributed by atoms with Crippen molar-refractivity contribution in [2.45, 2.75) is 71.3 Å². The van der Waals surface area contributed by atoms with Gasteiger partial charge >= 0.3 is 0 Å². The predicted octanol–water partition coefficient (Wildman–Crippen LogP) is 4.23. The molecule has 3 saturated carbocycles. The molecule has 1 nitrogen and oxygen atoms in total. The van der Waals surface area contributed by atoms with Gasteiger partial charge in [-0.3, -0.25) is 0 Å². The van der Waals surface area contributed by atoms with Gasteiger partial charge in [0.2, 0.25) is 0 Å². The molecule has 104 valence electrons. The number of rotatable bonds is 5. The Morgan fingerprint density at radius 1 is 1.00 bits per heavy atom. The zero-order chi connectivity index (χ0) is 12.5. The zero-order valence-corrected chi connectivity index (χ0v) is 12.3. The normalized spacial score (nSPS) is 47.0. The van der Waals surface area contributed by atoms with E-state index in [4.69, 9.17) is 0 Å². The Hall–Kier alpha value is -0.0400. The summed E-state index contributed by atoms with van der Waals surface area (Å²) >= 11 is 0. The lowest BCUT2D eigenvalue weighted by molar-refractivity contribution is 0.233. The Labute approximate surface area is 113 Å². The van der Waals surface area contributed by atoms with E-state index in [2.05, 4.69) is 19.2 Å². The molecule has 3 rings (SSSR count). The largest absolute Gasteiger partial charge is 0.314 e. The van der Waals surface area contributed by atoms with E-state index < -0.39 is 0 Å². The van der Waals surface area contributed by atoms with Gasteiger partial charge in [0.05, 0.1) is 0 Å². The molecule has 3 fully saturated rings. The average molecular weight is 249 g/mol. The van der Waals surface area contributed by atoms with Crippen LogP contribution in [0.4, 0.5) is 0 Å². The van der Waals surface area contributed by atoms with Gasteiger partial charge < -0.3 is 5.32 Å². The average Bonchev–Trinajstić information content (AvgIpc) is 3.05. The molecule has 0 radical (unpaired) electrons. The third-order valence-electron chi connectivity index (χ3n) is 6.37. The predicted molar refractivity (Wildman–Crippen MR) is 77.5 cm³/mol. The van der Waals surface area contributed by atoms with E-state index in [0.717, 1.165) is 35.6 Å². The first-order valence-electron chi connectivity index (χ1n) is 8.51. The van der Waals surface area contributed by atoms with E-state index in [1.807, 2.05) is 0 Å². The van der Waals surface area contributed by atoms with E-state index in [1.165, 1.54) is 25.8 Å². The van der Waals surface area contributed by atoms with Crippen molar-refractivity contribution in [1.29, 1.82) is 0 Å². The van der Waals surface area contributed by atoms with Gasteiger partial charge in [-0.15, -0.1) is 0 Å². The SMILES string of the molecule is CCCNC1CCC(CC2CC3CCC2C3)C1C. The maximum absolute atomic E-state index is 3.77. The van der Waals surface area contributed by atoms with E-state index in [9.17, 15) is 0 Å². The highest BCUT2D eigenvalue weighted by molar-refractivity contribution is 4.94. The maximum Gasteiger partial charge on any atom is 0.00954 e. The summed E-state index contributed by atoms with van der Waals surface area (Å²) in [6.07, 6.45) is 12.1. The number of hydrogen-bond donors (Lipinski definition) is 1. The Morgan fingerprint density at radius 2 is 1.89 bits per heavy atom. The molecular weight excluding hydrogens is 218 g/mol. The van der Waals surface area contributed by atoms with E-state index in [0.29, 0.717) is 0 Å². The molecule has 0 heterocycles. The van der Waals surface area contributed by atoms with Crippen molar-refractivity contribution in [3.8, 4) is 0 Å². The summed E-state index contributed by atoms with van der Waals surface area (Å²) in [4.78, 5) is 0. The molecule has 2 bridgehead atoms. The highest BCUT2D eigenvalue weighted by Gasteiger charge is 2.42. The number of fused-ring (bicyclic) bond motifs is 2. The van der Waals surface area contributed by atoms with Crippen molar-refractivity contribution >= 4 is 0 Å². The summed E-state index contributed by atoms with van der Waals surface area (Å²) in [5, 5.41) is 3.77. The van der Waals surface area contributed by atoms with Gasteiger partial charge in [0.1, 0.15) is 0 Å². The van der Waals surface area contributed by atoms with Crippen LogP contribution in [0, 0.1) is 29.6 Å². The zero-order valence-electron chi connectivity index (χ0n) is 12.3. The third-order valence-corrected chi connectivity index (χ3v) is 6.37. The Balaban J connectivity index is 1.49. The van der Waals surface area contributed by atoms with Gasteiger partial charge in [-0.05, 0) is 81.1 Å². The topological polar surface area (TPSA) is 12.0 Å². The Bertz CT molecular complexity index is 275. The first-order chi connectivity index (χ1) is 8.78. The molecule has 3 aliphatic carbocycles. The Morgan fingerprint density at radius 3 is 2.56 bits per heavy atom. The van der Waals surface area contributed by atoms with Crippen LogP contribution in [-0.2, 0) is 0 Å². The van der Waals surface area contributed by atoms with Gasteiger partial charge in [0.15, 0.2) is 0 Å². The molecule has 1 heteroatoms. The summed E-state index contributed by atoms with van der Waals surface area (Å²) in [7, 11) is 0. The minimum absolute atomic E-state index is 0.827. The van der Waals surface area contributed by atoms with Crippen molar-refractivity contribution in [1.82, 2.24) is 5.32 Å². The van der Waals surface area contributed by atoms with Gasteiger partial charge in [-0.1, -0.05) is 20.3 Å². The maximum atomic E-state index is 3.77. The van der Waals surface area contributed by atoms with Gasteiger partial charge in [-0.2, -0.15) is 0 Å². The van der Waals surface area contributed by atoms with E-state index >= 15 is 0 Å². The Kier molecular flexibility index (Phi) is 3.98. The lowest BCUT2D eigenvalue weighted by Crippen LogP contribution is -2.33. The molecule has 1 N–H and O–H groups in total. The van der Waals surface area contributed by atoms with Crippen LogP contribution in [-0.4, -0.2) is 12.6 Å². The fraction of sp³-hybridized carbons (Fsp3) is 1.00. The van der Waals surface area contributed by atoms with Crippen LogP contribution in [0.5, 0.6) is 0 Å². The van der Waals surface area contributed by atoms with Crippen LogP contribution in [0.3, 0.4) is 0 Å². The minimum atomic E-state index is 0.827. The smallest absolute Gasteiger partial charge is 0.00954 e. The van der Waals surface area contributed by atoms with Crippen LogP contribution in [0.15, 0.2) is 0 Å². The second kappa shape index (κ2) is 5.53. The highest BCUT2D eigenvalue weighted by Crippen LogP contribution is 2.52. The molecule has 0 aromatic heterocycles. The van der Waals surface area contributed by atoms with E-state index in [-0.39, 0.29) is 0 Å². The standard InChI is InChI=1S/C17H31N/c1-3-8-18-17-7-6-14(12(17)2)11-16-10-13-4-5-15(16)9-13/h12-18H,3-11H2,1-2H3. The molecule has 0 aromatic rings. The summed E-state index contributed by atoms with van der Waals surface area (Å²) in [6, 6.07) is 0.827. The highest BCUT2D eigenvalue weighted by atomic mass is 14.9. The molecule has 0 spiro atoms. The molecule has 0 amide bonds. The van der Waals surface area contributed by atoms with Crippen LogP contribution < -0.4 is 5.32 Å². The van der Waals surface area contributed by atoms with Crippen molar-refractivity contribution < 1.29 is 0 Å². The summed E-state index contributed by atoms with van der Waals surface area (Å²) in [5.41, 5.74) is 0. The molecule has 6 unspecified atom stereocenters. The van der Waals surface area contributed by atoms with Gasteiger partial charge in [-0.25, -0.2) is 0 Å². The molecule has 6 atom stereocenters. The number of hydrogen-bond acceptors (Lipinski definition) is 1. The molecule has 0 aromatic carbocycles. The van der Waals surface area contributed by atoms with E-state index in [1.54, 1.807) is 32.1 Å². The molecule has 3 aliphatic rings. The number of nitrogens with one attached hydrogen (secondary N) is 1. The summed E-state index contributed by atoms with van der Waals surface area (Å²) in [6.45, 7) is 6.01. The molecule has 18 heavy (non-hydrogen) atoms. The lowest BCUT2D eigenvalue weighted by Gasteiger charge is -2.28. The molecule has 0 aliphatic heterocycles. The van der Waals surface area contributed by atoms with Gasteiger partial charge in [0, 0.05) is 6.04 Å². The quantitative estimate of drug-likeness (QED) is 0.769. The van der Waals surface area contributed by atoms with Crippen LogP contribution in [0.1, 0.15) is 65.2 Å². The summed E-state index contributed by atoms with van der Waals surface area (Å²) < 4.78 is 0. The van der Waals surface area contributed by atoms with Crippen LogP contribution in [0.25, 0.3) is 0 Å². The second-order valence-electron chi connectivity index (χ2n) is 7.43. The van der Waals surface area contributed by atoms with Crippen LogP contribution >= 0.6 is 0 Å². The monoisotopic (exact) mass is 249 g/mol. The van der Waals surface area contributed by atoms with Crippen molar-refractivity contribution in [2.75, 3.05) is 6.54 Å². The molecular formula is C17H31N. The minimum Gasteiger partial charge on any atom is -0.314 e. The van der Waals surface area contributed by atoms with Crippen molar-refractivity contribution in [3.63, 3.8) is 0 Å². The fourth-order valence-corrected chi connectivity index (χ4v) is 5.25. The lowest BCUT2D eigenvalue weighted by atomic mass is 9.79. The molecule has 0 saturated heterocycles. The van der Waals surface area contributed by atoms with Crippen molar-refractivity contribution in [3.05, 3.63) is 0 Å².